The Morgan fingerprint density at radius 1 is 1.35 bits per heavy atom. The molecule has 0 spiro atoms. The molecule has 17 heavy (non-hydrogen) atoms. The monoisotopic (exact) mass is 237 g/mol. The number of methoxy groups -OCH3 is 1. The van der Waals surface area contributed by atoms with Gasteiger partial charge in [0.1, 0.15) is 6.29 Å². The fourth-order valence-corrected chi connectivity index (χ4v) is 1.15. The van der Waals surface area contributed by atoms with Crippen LogP contribution in [0.15, 0.2) is 18.2 Å². The molecule has 1 amide bonds. The van der Waals surface area contributed by atoms with Gasteiger partial charge in [0.25, 0.3) is 5.91 Å². The van der Waals surface area contributed by atoms with Gasteiger partial charge in [0.2, 0.25) is 0 Å². The minimum Gasteiger partial charge on any atom is -0.493 e. The summed E-state index contributed by atoms with van der Waals surface area (Å²) in [5.41, 5.74) is 0.494. The highest BCUT2D eigenvalue weighted by molar-refractivity contribution is 5.78. The van der Waals surface area contributed by atoms with Crippen molar-refractivity contribution in [2.75, 3.05) is 27.8 Å². The molecule has 0 aliphatic rings. The molecule has 5 heteroatoms. The first-order chi connectivity index (χ1) is 8.08. The Balaban J connectivity index is 2.77. The molecule has 0 aliphatic carbocycles. The van der Waals surface area contributed by atoms with Gasteiger partial charge in [-0.1, -0.05) is 0 Å². The lowest BCUT2D eigenvalue weighted by Gasteiger charge is -2.13. The highest BCUT2D eigenvalue weighted by Crippen LogP contribution is 2.27. The van der Waals surface area contributed by atoms with E-state index in [9.17, 15) is 9.59 Å². The summed E-state index contributed by atoms with van der Waals surface area (Å²) in [6.45, 7) is -0.0657. The molecule has 5 nitrogen and oxygen atoms in total. The van der Waals surface area contributed by atoms with E-state index in [0.29, 0.717) is 17.1 Å². The van der Waals surface area contributed by atoms with E-state index in [1.54, 1.807) is 32.3 Å². The van der Waals surface area contributed by atoms with Crippen molar-refractivity contribution in [1.82, 2.24) is 4.90 Å². The molecule has 0 unspecified atom stereocenters. The second kappa shape index (κ2) is 5.89. The molecule has 0 saturated carbocycles. The predicted octanol–water partition coefficient (Wildman–Crippen LogP) is 0.975. The molecule has 0 radical (unpaired) electrons. The lowest BCUT2D eigenvalue weighted by atomic mass is 10.2. The number of benzene rings is 1. The van der Waals surface area contributed by atoms with Crippen LogP contribution in [0.2, 0.25) is 0 Å². The molecule has 0 N–H and O–H groups in total. The number of hydrogen-bond donors (Lipinski definition) is 0. The Morgan fingerprint density at radius 2 is 2.06 bits per heavy atom. The average molecular weight is 237 g/mol. The first-order valence-corrected chi connectivity index (χ1v) is 5.04. The maximum absolute atomic E-state index is 11.3. The van der Waals surface area contributed by atoms with Crippen LogP contribution < -0.4 is 9.47 Å². The molecule has 0 heterocycles. The summed E-state index contributed by atoms with van der Waals surface area (Å²) >= 11 is 0. The maximum Gasteiger partial charge on any atom is 0.259 e. The number of aldehydes is 1. The van der Waals surface area contributed by atoms with Gasteiger partial charge in [0, 0.05) is 19.7 Å². The van der Waals surface area contributed by atoms with Crippen molar-refractivity contribution >= 4 is 12.2 Å². The highest BCUT2D eigenvalue weighted by atomic mass is 16.5. The summed E-state index contributed by atoms with van der Waals surface area (Å²) < 4.78 is 10.4. The van der Waals surface area contributed by atoms with E-state index in [1.807, 2.05) is 0 Å². The molecule has 1 rings (SSSR count). The Bertz CT molecular complexity index is 415. The molecule has 1 aromatic rings. The molecular formula is C12H15NO4. The average Bonchev–Trinajstić information content (AvgIpc) is 2.35. The molecular weight excluding hydrogens is 222 g/mol. The van der Waals surface area contributed by atoms with E-state index in [2.05, 4.69) is 0 Å². The highest BCUT2D eigenvalue weighted by Gasteiger charge is 2.09. The third-order valence-electron chi connectivity index (χ3n) is 2.17. The van der Waals surface area contributed by atoms with Gasteiger partial charge >= 0.3 is 0 Å². The number of carbonyl (C=O) groups excluding carboxylic acids is 2. The van der Waals surface area contributed by atoms with Crippen molar-refractivity contribution in [1.29, 1.82) is 0 Å². The largest absolute Gasteiger partial charge is 0.493 e. The number of hydrogen-bond acceptors (Lipinski definition) is 4. The van der Waals surface area contributed by atoms with E-state index in [1.165, 1.54) is 12.0 Å². The Labute approximate surface area is 99.9 Å². The summed E-state index contributed by atoms with van der Waals surface area (Å²) in [5, 5.41) is 0. The summed E-state index contributed by atoms with van der Waals surface area (Å²) in [4.78, 5) is 23.4. The van der Waals surface area contributed by atoms with Crippen LogP contribution in [-0.4, -0.2) is 44.9 Å². The summed E-state index contributed by atoms with van der Waals surface area (Å²) in [7, 11) is 4.78. The Kier molecular flexibility index (Phi) is 4.51. The SMILES string of the molecule is COc1cc(C=O)ccc1OCC(=O)N(C)C. The van der Waals surface area contributed by atoms with Crippen molar-refractivity contribution in [2.24, 2.45) is 0 Å². The van der Waals surface area contributed by atoms with Crippen molar-refractivity contribution < 1.29 is 19.1 Å². The topological polar surface area (TPSA) is 55.8 Å². The predicted molar refractivity (Wildman–Crippen MR) is 62.6 cm³/mol. The Hall–Kier alpha value is -2.04. The second-order valence-electron chi connectivity index (χ2n) is 3.60. The minimum absolute atomic E-state index is 0.0657. The standard InChI is InChI=1S/C12H15NO4/c1-13(2)12(15)8-17-10-5-4-9(7-14)6-11(10)16-3/h4-7H,8H2,1-3H3. The van der Waals surface area contributed by atoms with Gasteiger partial charge in [0.15, 0.2) is 18.1 Å². The second-order valence-corrected chi connectivity index (χ2v) is 3.60. The van der Waals surface area contributed by atoms with Crippen molar-refractivity contribution in [3.8, 4) is 11.5 Å². The Morgan fingerprint density at radius 3 is 2.59 bits per heavy atom. The van der Waals surface area contributed by atoms with Crippen LogP contribution in [0.4, 0.5) is 0 Å². The van der Waals surface area contributed by atoms with Gasteiger partial charge in [-0.15, -0.1) is 0 Å². The fraction of sp³-hybridized carbons (Fsp3) is 0.333. The van der Waals surface area contributed by atoms with Crippen LogP contribution in [0.5, 0.6) is 11.5 Å². The summed E-state index contributed by atoms with van der Waals surface area (Å²) in [6, 6.07) is 4.76. The number of ether oxygens (including phenoxy) is 2. The first-order valence-electron chi connectivity index (χ1n) is 5.04. The van der Waals surface area contributed by atoms with E-state index < -0.39 is 0 Å². The normalized spacial score (nSPS) is 9.59. The quantitative estimate of drug-likeness (QED) is 0.716. The van der Waals surface area contributed by atoms with Crippen molar-refractivity contribution in [3.05, 3.63) is 23.8 Å². The summed E-state index contributed by atoms with van der Waals surface area (Å²) in [5.74, 6) is 0.723. The third kappa shape index (κ3) is 3.48. The van der Waals surface area contributed by atoms with E-state index in [-0.39, 0.29) is 12.5 Å². The van der Waals surface area contributed by atoms with Gasteiger partial charge in [-0.3, -0.25) is 9.59 Å². The molecule has 0 saturated heterocycles. The number of likely N-dealkylation sites (N-methyl/N-ethyl adjacent to an activating group) is 1. The fourth-order valence-electron chi connectivity index (χ4n) is 1.15. The lowest BCUT2D eigenvalue weighted by molar-refractivity contribution is -0.130. The summed E-state index contributed by atoms with van der Waals surface area (Å²) in [6.07, 6.45) is 0.720. The van der Waals surface area contributed by atoms with Gasteiger partial charge in [-0.05, 0) is 18.2 Å². The minimum atomic E-state index is -0.147. The van der Waals surface area contributed by atoms with Crippen LogP contribution in [0, 0.1) is 0 Å². The molecule has 0 aromatic heterocycles. The van der Waals surface area contributed by atoms with Crippen molar-refractivity contribution in [2.45, 2.75) is 0 Å². The number of rotatable bonds is 5. The van der Waals surface area contributed by atoms with Crippen LogP contribution in [-0.2, 0) is 4.79 Å². The zero-order chi connectivity index (χ0) is 12.8. The maximum atomic E-state index is 11.3. The molecule has 0 aliphatic heterocycles. The van der Waals surface area contributed by atoms with Crippen LogP contribution >= 0.6 is 0 Å². The van der Waals surface area contributed by atoms with Crippen LogP contribution in [0.1, 0.15) is 10.4 Å². The molecule has 0 fully saturated rings. The molecule has 0 atom stereocenters. The van der Waals surface area contributed by atoms with Gasteiger partial charge < -0.3 is 14.4 Å². The third-order valence-corrected chi connectivity index (χ3v) is 2.17. The van der Waals surface area contributed by atoms with Crippen LogP contribution in [0.25, 0.3) is 0 Å². The molecule has 92 valence electrons. The van der Waals surface area contributed by atoms with Crippen molar-refractivity contribution in [3.63, 3.8) is 0 Å². The number of amides is 1. The first kappa shape index (κ1) is 13.0. The number of nitrogens with zero attached hydrogens (tertiary/aromatic N) is 1. The lowest BCUT2D eigenvalue weighted by Crippen LogP contribution is -2.27. The van der Waals surface area contributed by atoms with Crippen LogP contribution in [0.3, 0.4) is 0 Å². The van der Waals surface area contributed by atoms with E-state index >= 15 is 0 Å². The molecule has 0 bridgehead atoms. The molecule has 1 aromatic carbocycles. The van der Waals surface area contributed by atoms with Gasteiger partial charge in [0.05, 0.1) is 7.11 Å². The van der Waals surface area contributed by atoms with Gasteiger partial charge in [-0.25, -0.2) is 0 Å². The zero-order valence-electron chi connectivity index (χ0n) is 10.1. The smallest absolute Gasteiger partial charge is 0.259 e. The van der Waals surface area contributed by atoms with E-state index in [0.717, 1.165) is 6.29 Å². The van der Waals surface area contributed by atoms with E-state index in [4.69, 9.17) is 9.47 Å². The number of carbonyl (C=O) groups is 2. The zero-order valence-corrected chi connectivity index (χ0v) is 10.1. The van der Waals surface area contributed by atoms with Gasteiger partial charge in [-0.2, -0.15) is 0 Å².